The summed E-state index contributed by atoms with van der Waals surface area (Å²) >= 11 is 9.91. The molecule has 0 saturated heterocycles. The molecule has 0 saturated carbocycles. The number of carbonyl (C=O) groups excluding carboxylic acids is 1. The molecule has 8 heteroatoms. The minimum atomic E-state index is -0.395. The maximum atomic E-state index is 11.9. The molecule has 5 nitrogen and oxygen atoms in total. The van der Waals surface area contributed by atoms with Crippen molar-refractivity contribution in [3.8, 4) is 11.5 Å². The van der Waals surface area contributed by atoms with Crippen molar-refractivity contribution in [2.45, 2.75) is 0 Å². The second-order valence-electron chi connectivity index (χ2n) is 5.51. The van der Waals surface area contributed by atoms with Crippen molar-refractivity contribution in [3.63, 3.8) is 0 Å². The average Bonchev–Trinajstić information content (AvgIpc) is 2.67. The lowest BCUT2D eigenvalue weighted by Crippen LogP contribution is -2.24. The van der Waals surface area contributed by atoms with Crippen molar-refractivity contribution in [1.29, 1.82) is 0 Å². The number of aromatic hydroxyl groups is 1. The van der Waals surface area contributed by atoms with Gasteiger partial charge in [-0.2, -0.15) is 5.10 Å². The molecule has 0 aromatic heterocycles. The van der Waals surface area contributed by atoms with Gasteiger partial charge in [0.25, 0.3) is 5.91 Å². The lowest BCUT2D eigenvalue weighted by atomic mass is 10.1. The third-order valence-electron chi connectivity index (χ3n) is 3.66. The number of nitrogens with one attached hydrogen (secondary N) is 1. The number of ether oxygens (including phenoxy) is 1. The molecular formula is C19H13Br3N2O3. The van der Waals surface area contributed by atoms with Crippen LogP contribution in [0.2, 0.25) is 0 Å². The molecule has 0 spiro atoms. The molecule has 138 valence electrons. The van der Waals surface area contributed by atoms with Gasteiger partial charge in [0.1, 0.15) is 11.5 Å². The summed E-state index contributed by atoms with van der Waals surface area (Å²) in [6.07, 6.45) is 1.42. The third kappa shape index (κ3) is 4.88. The number of hydrogen-bond donors (Lipinski definition) is 2. The second-order valence-corrected chi connectivity index (χ2v) is 8.01. The summed E-state index contributed by atoms with van der Waals surface area (Å²) in [5, 5.41) is 16.0. The van der Waals surface area contributed by atoms with Gasteiger partial charge in [-0.3, -0.25) is 4.79 Å². The predicted octanol–water partition coefficient (Wildman–Crippen LogP) is 5.36. The molecule has 0 atom stereocenters. The monoisotopic (exact) mass is 554 g/mol. The highest BCUT2D eigenvalue weighted by Gasteiger charge is 2.12. The molecule has 3 aromatic rings. The Morgan fingerprint density at radius 3 is 2.59 bits per heavy atom. The van der Waals surface area contributed by atoms with Gasteiger partial charge < -0.3 is 9.84 Å². The van der Waals surface area contributed by atoms with Crippen LogP contribution >= 0.6 is 47.8 Å². The Morgan fingerprint density at radius 1 is 1.07 bits per heavy atom. The van der Waals surface area contributed by atoms with E-state index in [2.05, 4.69) is 58.3 Å². The first-order valence-corrected chi connectivity index (χ1v) is 10.1. The highest BCUT2D eigenvalue weighted by atomic mass is 79.9. The van der Waals surface area contributed by atoms with Gasteiger partial charge in [-0.15, -0.1) is 0 Å². The Balaban J connectivity index is 1.59. The van der Waals surface area contributed by atoms with Crippen molar-refractivity contribution in [2.75, 3.05) is 6.61 Å². The molecule has 3 rings (SSSR count). The van der Waals surface area contributed by atoms with Crippen LogP contribution in [0.3, 0.4) is 0 Å². The molecule has 2 N–H and O–H groups in total. The van der Waals surface area contributed by atoms with Gasteiger partial charge in [-0.05, 0) is 60.8 Å². The van der Waals surface area contributed by atoms with E-state index in [1.807, 2.05) is 42.5 Å². The Morgan fingerprint density at radius 2 is 1.81 bits per heavy atom. The van der Waals surface area contributed by atoms with Gasteiger partial charge >= 0.3 is 0 Å². The van der Waals surface area contributed by atoms with Crippen molar-refractivity contribution in [1.82, 2.24) is 5.43 Å². The topological polar surface area (TPSA) is 70.9 Å². The van der Waals surface area contributed by atoms with Crippen LogP contribution in [0.15, 0.2) is 67.1 Å². The fourth-order valence-corrected chi connectivity index (χ4v) is 4.65. The molecule has 0 aliphatic heterocycles. The highest BCUT2D eigenvalue weighted by Crippen LogP contribution is 2.38. The van der Waals surface area contributed by atoms with E-state index in [1.54, 1.807) is 6.07 Å². The second kappa shape index (κ2) is 8.86. The van der Waals surface area contributed by atoms with Crippen LogP contribution in [0.25, 0.3) is 10.8 Å². The molecule has 0 aliphatic rings. The molecule has 0 heterocycles. The van der Waals surface area contributed by atoms with Crippen LogP contribution in [-0.4, -0.2) is 23.8 Å². The summed E-state index contributed by atoms with van der Waals surface area (Å²) in [6, 6.07) is 15.2. The first-order valence-electron chi connectivity index (χ1n) is 7.75. The standard InChI is InChI=1S/C19H13Br3N2O3/c20-15-8-16(21)19(26)18(22)14(15)9-23-24-17(25)10-27-13-6-5-11-3-1-2-4-12(11)7-13/h1-9,26H,10H2,(H,24,25)/b23-9-. The van der Waals surface area contributed by atoms with E-state index >= 15 is 0 Å². The Hall–Kier alpha value is -1.90. The SMILES string of the molecule is O=C(COc1ccc2ccccc2c1)N/N=C\c1c(Br)cc(Br)c(O)c1Br. The maximum absolute atomic E-state index is 11.9. The smallest absolute Gasteiger partial charge is 0.277 e. The number of hydrazone groups is 1. The van der Waals surface area contributed by atoms with E-state index in [-0.39, 0.29) is 12.4 Å². The van der Waals surface area contributed by atoms with Crippen LogP contribution < -0.4 is 10.2 Å². The molecule has 0 unspecified atom stereocenters. The number of phenols is 1. The van der Waals surface area contributed by atoms with Crippen molar-refractivity contribution < 1.29 is 14.6 Å². The zero-order chi connectivity index (χ0) is 19.4. The quantitative estimate of drug-likeness (QED) is 0.328. The maximum Gasteiger partial charge on any atom is 0.277 e. The lowest BCUT2D eigenvalue weighted by molar-refractivity contribution is -0.123. The van der Waals surface area contributed by atoms with Crippen molar-refractivity contribution >= 4 is 70.7 Å². The largest absolute Gasteiger partial charge is 0.506 e. The van der Waals surface area contributed by atoms with Crippen molar-refractivity contribution in [2.24, 2.45) is 5.10 Å². The number of carbonyl (C=O) groups is 1. The van der Waals surface area contributed by atoms with Crippen LogP contribution in [0.4, 0.5) is 0 Å². The normalized spacial score (nSPS) is 11.1. The molecule has 27 heavy (non-hydrogen) atoms. The zero-order valence-corrected chi connectivity index (χ0v) is 18.5. The Labute approximate surface area is 180 Å². The molecule has 1 amide bonds. The molecule has 0 radical (unpaired) electrons. The van der Waals surface area contributed by atoms with E-state index in [4.69, 9.17) is 4.74 Å². The number of amides is 1. The van der Waals surface area contributed by atoms with Gasteiger partial charge in [0, 0.05) is 10.0 Å². The minimum absolute atomic E-state index is 0.0469. The zero-order valence-electron chi connectivity index (χ0n) is 13.7. The van der Waals surface area contributed by atoms with E-state index < -0.39 is 5.91 Å². The Kier molecular flexibility index (Phi) is 6.51. The summed E-state index contributed by atoms with van der Waals surface area (Å²) in [7, 11) is 0. The van der Waals surface area contributed by atoms with Gasteiger partial charge in [0.15, 0.2) is 6.61 Å². The van der Waals surface area contributed by atoms with Crippen LogP contribution in [0.1, 0.15) is 5.56 Å². The highest BCUT2D eigenvalue weighted by molar-refractivity contribution is 9.11. The molecular weight excluding hydrogens is 544 g/mol. The number of rotatable bonds is 5. The number of phenolic OH excluding ortho intramolecular Hbond substituents is 1. The fourth-order valence-electron chi connectivity index (χ4n) is 2.32. The first kappa shape index (κ1) is 19.9. The van der Waals surface area contributed by atoms with E-state index in [0.717, 1.165) is 10.8 Å². The number of halogens is 3. The van der Waals surface area contributed by atoms with Gasteiger partial charge in [0.2, 0.25) is 0 Å². The average molecular weight is 557 g/mol. The van der Waals surface area contributed by atoms with E-state index in [0.29, 0.717) is 24.7 Å². The molecule has 0 bridgehead atoms. The summed E-state index contributed by atoms with van der Waals surface area (Å²) in [5.74, 6) is 0.259. The van der Waals surface area contributed by atoms with Crippen LogP contribution in [0.5, 0.6) is 11.5 Å². The van der Waals surface area contributed by atoms with Crippen molar-refractivity contribution in [3.05, 3.63) is 67.5 Å². The van der Waals surface area contributed by atoms with Gasteiger partial charge in [-0.1, -0.05) is 46.3 Å². The summed E-state index contributed by atoms with van der Waals surface area (Å²) in [5.41, 5.74) is 2.99. The lowest BCUT2D eigenvalue weighted by Gasteiger charge is -2.07. The summed E-state index contributed by atoms with van der Waals surface area (Å²) in [6.45, 7) is -0.163. The summed E-state index contributed by atoms with van der Waals surface area (Å²) < 4.78 is 7.20. The van der Waals surface area contributed by atoms with Crippen LogP contribution in [0, 0.1) is 0 Å². The van der Waals surface area contributed by atoms with Gasteiger partial charge in [-0.25, -0.2) is 5.43 Å². The van der Waals surface area contributed by atoms with Crippen LogP contribution in [-0.2, 0) is 4.79 Å². The number of fused-ring (bicyclic) bond motifs is 1. The first-order chi connectivity index (χ1) is 13.0. The minimum Gasteiger partial charge on any atom is -0.506 e. The molecule has 0 fully saturated rings. The van der Waals surface area contributed by atoms with E-state index in [9.17, 15) is 9.90 Å². The summed E-state index contributed by atoms with van der Waals surface area (Å²) in [4.78, 5) is 11.9. The number of benzene rings is 3. The number of hydrogen-bond acceptors (Lipinski definition) is 4. The van der Waals surface area contributed by atoms with Gasteiger partial charge in [0.05, 0.1) is 15.2 Å². The number of nitrogens with zero attached hydrogens (tertiary/aromatic N) is 1. The Bertz CT molecular complexity index is 1040. The van der Waals surface area contributed by atoms with E-state index in [1.165, 1.54) is 6.21 Å². The molecule has 0 aliphatic carbocycles. The predicted molar refractivity (Wildman–Crippen MR) is 116 cm³/mol. The third-order valence-corrected chi connectivity index (χ3v) is 5.72. The molecule has 3 aromatic carbocycles. The fraction of sp³-hybridized carbons (Fsp3) is 0.0526.